The Morgan fingerprint density at radius 3 is 2.42 bits per heavy atom. The summed E-state index contributed by atoms with van der Waals surface area (Å²) in [5, 5.41) is 12.2. The molecule has 2 N–H and O–H groups in total. The first-order valence-electron chi connectivity index (χ1n) is 4.98. The molecule has 0 aliphatic carbocycles. The molecule has 0 bridgehead atoms. The second-order valence-electron chi connectivity index (χ2n) is 3.62. The maximum Gasteiger partial charge on any atom is 0.346 e. The van der Waals surface area contributed by atoms with Gasteiger partial charge in [-0.15, -0.1) is 22.7 Å². The van der Waals surface area contributed by atoms with Gasteiger partial charge in [0.1, 0.15) is 4.88 Å². The molecule has 100 valence electrons. The van der Waals surface area contributed by atoms with E-state index in [0.29, 0.717) is 16.1 Å². The molecule has 0 spiro atoms. The average molecular weight is 425 g/mol. The zero-order valence-corrected chi connectivity index (χ0v) is 14.3. The molecule has 8 heteroatoms. The van der Waals surface area contributed by atoms with Gasteiger partial charge < -0.3 is 10.4 Å². The van der Waals surface area contributed by atoms with Crippen LogP contribution in [-0.4, -0.2) is 17.0 Å². The van der Waals surface area contributed by atoms with Gasteiger partial charge in [0, 0.05) is 0 Å². The number of carboxylic acid groups (broad SMARTS) is 1. The van der Waals surface area contributed by atoms with Crippen LogP contribution in [0.15, 0.2) is 19.7 Å². The Balaban J connectivity index is 2.22. The predicted molar refractivity (Wildman–Crippen MR) is 83.7 cm³/mol. The van der Waals surface area contributed by atoms with Crippen LogP contribution in [-0.2, 0) is 0 Å². The summed E-state index contributed by atoms with van der Waals surface area (Å²) in [4.78, 5) is 23.2. The highest BCUT2D eigenvalue weighted by atomic mass is 79.9. The third-order valence-corrected chi connectivity index (χ3v) is 5.73. The zero-order chi connectivity index (χ0) is 14.2. The van der Waals surface area contributed by atoms with Crippen LogP contribution in [0.5, 0.6) is 0 Å². The third-order valence-electron chi connectivity index (χ3n) is 2.25. The van der Waals surface area contributed by atoms with Crippen LogP contribution in [0.2, 0.25) is 0 Å². The van der Waals surface area contributed by atoms with Gasteiger partial charge in [-0.25, -0.2) is 4.79 Å². The first-order valence-corrected chi connectivity index (χ1v) is 8.20. The molecule has 0 aliphatic heterocycles. The number of halogens is 2. The van der Waals surface area contributed by atoms with E-state index in [1.54, 1.807) is 19.1 Å². The van der Waals surface area contributed by atoms with Crippen molar-refractivity contribution in [1.82, 2.24) is 0 Å². The van der Waals surface area contributed by atoms with Gasteiger partial charge in [-0.1, -0.05) is 0 Å². The van der Waals surface area contributed by atoms with Gasteiger partial charge in [0.2, 0.25) is 0 Å². The molecule has 0 saturated heterocycles. The summed E-state index contributed by atoms with van der Waals surface area (Å²) in [7, 11) is 0. The lowest BCUT2D eigenvalue weighted by Crippen LogP contribution is -2.10. The van der Waals surface area contributed by atoms with Gasteiger partial charge in [0.05, 0.1) is 18.1 Å². The fourth-order valence-electron chi connectivity index (χ4n) is 1.43. The molecule has 2 rings (SSSR count). The van der Waals surface area contributed by atoms with Gasteiger partial charge in [0.15, 0.2) is 0 Å². The van der Waals surface area contributed by atoms with Crippen LogP contribution in [0.4, 0.5) is 5.00 Å². The van der Waals surface area contributed by atoms with Crippen molar-refractivity contribution in [1.29, 1.82) is 0 Å². The van der Waals surface area contributed by atoms with Crippen LogP contribution in [0.1, 0.15) is 25.6 Å². The maximum absolute atomic E-state index is 12.0. The first-order chi connectivity index (χ1) is 8.88. The minimum absolute atomic E-state index is 0.237. The molecule has 2 heterocycles. The zero-order valence-electron chi connectivity index (χ0n) is 9.49. The van der Waals surface area contributed by atoms with Crippen molar-refractivity contribution >= 4 is 71.4 Å². The summed E-state index contributed by atoms with van der Waals surface area (Å²) in [6.45, 7) is 1.70. The van der Waals surface area contributed by atoms with E-state index in [1.165, 1.54) is 11.3 Å². The number of carboxylic acids is 1. The molecule has 0 fully saturated rings. The molecule has 0 aromatic carbocycles. The fraction of sp³-hybridized carbons (Fsp3) is 0.0909. The highest BCUT2D eigenvalue weighted by molar-refractivity contribution is 9.12. The Morgan fingerprint density at radius 1 is 1.26 bits per heavy atom. The average Bonchev–Trinajstić information content (AvgIpc) is 2.81. The Morgan fingerprint density at radius 2 is 1.95 bits per heavy atom. The number of thiophene rings is 2. The number of hydrogen-bond donors (Lipinski definition) is 2. The molecule has 0 unspecified atom stereocenters. The number of aryl methyl sites for hydroxylation is 1. The summed E-state index contributed by atoms with van der Waals surface area (Å²) in [5.41, 5.74) is 1.15. The molecule has 0 saturated carbocycles. The van der Waals surface area contributed by atoms with Crippen molar-refractivity contribution in [2.45, 2.75) is 6.92 Å². The molecule has 4 nitrogen and oxygen atoms in total. The molecule has 1 amide bonds. The number of carbonyl (C=O) groups is 2. The quantitative estimate of drug-likeness (QED) is 0.756. The van der Waals surface area contributed by atoms with Crippen LogP contribution >= 0.6 is 54.5 Å². The van der Waals surface area contributed by atoms with E-state index < -0.39 is 5.97 Å². The minimum atomic E-state index is -0.984. The molecule has 19 heavy (non-hydrogen) atoms. The molecular formula is C11H7Br2NO3S2. The summed E-state index contributed by atoms with van der Waals surface area (Å²) in [5.74, 6) is -1.26. The van der Waals surface area contributed by atoms with Crippen LogP contribution in [0, 0.1) is 6.92 Å². The van der Waals surface area contributed by atoms with Gasteiger partial charge >= 0.3 is 5.97 Å². The molecule has 0 radical (unpaired) electrons. The second-order valence-corrected chi connectivity index (χ2v) is 8.42. The van der Waals surface area contributed by atoms with Gasteiger partial charge in [-0.3, -0.25) is 4.79 Å². The van der Waals surface area contributed by atoms with E-state index in [0.717, 1.165) is 18.9 Å². The third kappa shape index (κ3) is 3.25. The summed E-state index contributed by atoms with van der Waals surface area (Å²) in [6.07, 6.45) is 0. The van der Waals surface area contributed by atoms with Gasteiger partial charge in [-0.2, -0.15) is 0 Å². The number of rotatable bonds is 3. The lowest BCUT2D eigenvalue weighted by Gasteiger charge is -2.00. The van der Waals surface area contributed by atoms with Gasteiger partial charge in [-0.05, 0) is 56.5 Å². The number of amides is 1. The van der Waals surface area contributed by atoms with Crippen molar-refractivity contribution in [3.8, 4) is 0 Å². The van der Waals surface area contributed by atoms with E-state index >= 15 is 0 Å². The Hall–Kier alpha value is -0.700. The number of aromatic carboxylic acids is 1. The number of anilines is 1. The van der Waals surface area contributed by atoms with Crippen molar-refractivity contribution in [3.63, 3.8) is 0 Å². The van der Waals surface area contributed by atoms with Gasteiger partial charge in [0.25, 0.3) is 5.91 Å². The molecule has 0 atom stereocenters. The Kier molecular flexibility index (Phi) is 4.44. The summed E-state index contributed by atoms with van der Waals surface area (Å²) in [6, 6.07) is 3.37. The standard InChI is InChI=1S/C11H7Br2NO3S2/c1-4-2-7(19-8(4)11(16)17)14-10(15)5-3-6(12)18-9(5)13/h2-3H,1H3,(H,14,15)(H,16,17). The number of hydrogen-bond acceptors (Lipinski definition) is 4. The number of nitrogens with one attached hydrogen (secondary N) is 1. The van der Waals surface area contributed by atoms with E-state index in [2.05, 4.69) is 37.2 Å². The fourth-order valence-corrected chi connectivity index (χ4v) is 5.13. The lowest BCUT2D eigenvalue weighted by atomic mass is 10.3. The van der Waals surface area contributed by atoms with Crippen molar-refractivity contribution in [2.24, 2.45) is 0 Å². The molecule has 2 aromatic rings. The van der Waals surface area contributed by atoms with Crippen LogP contribution in [0.3, 0.4) is 0 Å². The van der Waals surface area contributed by atoms with Crippen LogP contribution in [0.25, 0.3) is 0 Å². The van der Waals surface area contributed by atoms with Crippen molar-refractivity contribution in [2.75, 3.05) is 5.32 Å². The predicted octanol–water partition coefficient (Wildman–Crippen LogP) is 4.59. The lowest BCUT2D eigenvalue weighted by molar-refractivity contribution is 0.0701. The first kappa shape index (κ1) is 14.7. The smallest absolute Gasteiger partial charge is 0.346 e. The molecule has 0 aliphatic rings. The topological polar surface area (TPSA) is 66.4 Å². The summed E-state index contributed by atoms with van der Waals surface area (Å²) >= 11 is 9.07. The van der Waals surface area contributed by atoms with E-state index in [9.17, 15) is 9.59 Å². The molecule has 2 aromatic heterocycles. The van der Waals surface area contributed by atoms with Crippen LogP contribution < -0.4 is 5.32 Å². The van der Waals surface area contributed by atoms with Crippen molar-refractivity contribution in [3.05, 3.63) is 35.7 Å². The number of carbonyl (C=O) groups excluding carboxylic acids is 1. The molecular weight excluding hydrogens is 418 g/mol. The van der Waals surface area contributed by atoms with E-state index in [-0.39, 0.29) is 10.8 Å². The Labute approximate surface area is 133 Å². The highest BCUT2D eigenvalue weighted by Crippen LogP contribution is 2.33. The largest absolute Gasteiger partial charge is 0.477 e. The Bertz CT molecular complexity index is 663. The highest BCUT2D eigenvalue weighted by Gasteiger charge is 2.17. The normalized spacial score (nSPS) is 10.5. The minimum Gasteiger partial charge on any atom is -0.477 e. The SMILES string of the molecule is Cc1cc(NC(=O)c2cc(Br)sc2Br)sc1C(=O)O. The maximum atomic E-state index is 12.0. The van der Waals surface area contributed by atoms with E-state index in [1.807, 2.05) is 0 Å². The monoisotopic (exact) mass is 423 g/mol. The summed E-state index contributed by atoms with van der Waals surface area (Å²) < 4.78 is 1.57. The van der Waals surface area contributed by atoms with E-state index in [4.69, 9.17) is 5.11 Å². The van der Waals surface area contributed by atoms with Crippen molar-refractivity contribution < 1.29 is 14.7 Å². The second kappa shape index (κ2) is 5.74.